The zero-order valence-corrected chi connectivity index (χ0v) is 13.8. The molecule has 1 aromatic carbocycles. The second-order valence-corrected chi connectivity index (χ2v) is 6.62. The highest BCUT2D eigenvalue weighted by Crippen LogP contribution is 2.24. The minimum absolute atomic E-state index is 0.289. The first-order valence-electron chi connectivity index (χ1n) is 7.29. The fourth-order valence-corrected chi connectivity index (χ4v) is 3.13. The average molecular weight is 288 g/mol. The Bertz CT molecular complexity index is 574. The Morgan fingerprint density at radius 1 is 1.15 bits per heavy atom. The molecule has 0 fully saturated rings. The Morgan fingerprint density at radius 3 is 2.50 bits per heavy atom. The van der Waals surface area contributed by atoms with Gasteiger partial charge in [0.1, 0.15) is 5.01 Å². The zero-order valence-electron chi connectivity index (χ0n) is 13.0. The van der Waals surface area contributed by atoms with Crippen LogP contribution in [-0.2, 0) is 6.42 Å². The van der Waals surface area contributed by atoms with Gasteiger partial charge in [-0.1, -0.05) is 25.1 Å². The van der Waals surface area contributed by atoms with Crippen molar-refractivity contribution in [1.82, 2.24) is 10.3 Å². The highest BCUT2D eigenvalue weighted by molar-refractivity contribution is 7.11. The molecule has 0 amide bonds. The monoisotopic (exact) mass is 288 g/mol. The maximum atomic E-state index is 4.52. The Morgan fingerprint density at radius 2 is 1.90 bits per heavy atom. The molecule has 1 heterocycles. The summed E-state index contributed by atoms with van der Waals surface area (Å²) in [5.74, 6) is 0. The topological polar surface area (TPSA) is 24.9 Å². The molecular formula is C17H24N2S. The number of hydrogen-bond acceptors (Lipinski definition) is 3. The van der Waals surface area contributed by atoms with E-state index in [1.54, 1.807) is 0 Å². The summed E-state index contributed by atoms with van der Waals surface area (Å²) in [6, 6.07) is 7.31. The van der Waals surface area contributed by atoms with Crippen LogP contribution in [0.25, 0.3) is 0 Å². The van der Waals surface area contributed by atoms with Crippen molar-refractivity contribution >= 4 is 11.3 Å². The molecule has 2 aromatic rings. The molecule has 1 aromatic heterocycles. The summed E-state index contributed by atoms with van der Waals surface area (Å²) in [7, 11) is 0. The molecular weight excluding hydrogens is 264 g/mol. The highest BCUT2D eigenvalue weighted by Gasteiger charge is 2.14. The number of nitrogens with one attached hydrogen (secondary N) is 1. The van der Waals surface area contributed by atoms with Crippen LogP contribution in [0.3, 0.4) is 0 Å². The summed E-state index contributed by atoms with van der Waals surface area (Å²) >= 11 is 1.81. The van der Waals surface area contributed by atoms with Crippen molar-refractivity contribution in [3.05, 3.63) is 51.0 Å². The molecule has 0 aliphatic heterocycles. The molecule has 0 bridgehead atoms. The zero-order chi connectivity index (χ0) is 14.7. The van der Waals surface area contributed by atoms with Crippen LogP contribution in [0.1, 0.15) is 59.4 Å². The molecule has 0 saturated carbocycles. The molecule has 108 valence electrons. The van der Waals surface area contributed by atoms with Gasteiger partial charge in [-0.15, -0.1) is 11.3 Å². The SMILES string of the molecule is CCc1cnc(C(C)NC(C)c2ccc(C)c(C)c2)s1. The molecule has 0 spiro atoms. The van der Waals surface area contributed by atoms with Crippen LogP contribution < -0.4 is 5.32 Å². The Labute approximate surface area is 126 Å². The lowest BCUT2D eigenvalue weighted by atomic mass is 10.0. The smallest absolute Gasteiger partial charge is 0.109 e. The van der Waals surface area contributed by atoms with Crippen LogP contribution in [-0.4, -0.2) is 4.98 Å². The fraction of sp³-hybridized carbons (Fsp3) is 0.471. The average Bonchev–Trinajstić information content (AvgIpc) is 2.90. The maximum Gasteiger partial charge on any atom is 0.109 e. The van der Waals surface area contributed by atoms with Gasteiger partial charge in [-0.2, -0.15) is 0 Å². The van der Waals surface area contributed by atoms with Crippen molar-refractivity contribution in [1.29, 1.82) is 0 Å². The van der Waals surface area contributed by atoms with E-state index >= 15 is 0 Å². The molecule has 0 saturated heterocycles. The van der Waals surface area contributed by atoms with Crippen LogP contribution in [0.15, 0.2) is 24.4 Å². The van der Waals surface area contributed by atoms with Crippen molar-refractivity contribution in [3.8, 4) is 0 Å². The summed E-state index contributed by atoms with van der Waals surface area (Å²) in [5, 5.41) is 4.82. The van der Waals surface area contributed by atoms with Gasteiger partial charge in [0.15, 0.2) is 0 Å². The number of thiazole rings is 1. The minimum atomic E-state index is 0.289. The first-order valence-corrected chi connectivity index (χ1v) is 8.10. The van der Waals surface area contributed by atoms with Crippen molar-refractivity contribution < 1.29 is 0 Å². The molecule has 0 aliphatic rings. The molecule has 0 radical (unpaired) electrons. The van der Waals surface area contributed by atoms with Gasteiger partial charge >= 0.3 is 0 Å². The third-order valence-electron chi connectivity index (χ3n) is 3.82. The van der Waals surface area contributed by atoms with Crippen LogP contribution in [0.4, 0.5) is 0 Å². The molecule has 2 atom stereocenters. The van der Waals surface area contributed by atoms with Crippen LogP contribution in [0, 0.1) is 13.8 Å². The molecule has 20 heavy (non-hydrogen) atoms. The predicted octanol–water partition coefficient (Wildman–Crippen LogP) is 4.73. The van der Waals surface area contributed by atoms with E-state index in [1.165, 1.54) is 26.6 Å². The van der Waals surface area contributed by atoms with Gasteiger partial charge in [0, 0.05) is 17.1 Å². The molecule has 1 N–H and O–H groups in total. The van der Waals surface area contributed by atoms with Gasteiger partial charge < -0.3 is 5.32 Å². The van der Waals surface area contributed by atoms with Crippen LogP contribution in [0.5, 0.6) is 0 Å². The first-order chi connectivity index (χ1) is 9.51. The molecule has 2 nitrogen and oxygen atoms in total. The standard InChI is InChI=1S/C17H24N2S/c1-6-16-10-18-17(20-16)14(5)19-13(4)15-8-7-11(2)12(3)9-15/h7-10,13-14,19H,6H2,1-5H3. The lowest BCUT2D eigenvalue weighted by Gasteiger charge is -2.19. The van der Waals surface area contributed by atoms with Crippen molar-refractivity contribution in [3.63, 3.8) is 0 Å². The predicted molar refractivity (Wildman–Crippen MR) is 87.4 cm³/mol. The summed E-state index contributed by atoms with van der Waals surface area (Å²) in [6.45, 7) is 10.9. The van der Waals surface area contributed by atoms with Gasteiger partial charge in [-0.05, 0) is 50.8 Å². The summed E-state index contributed by atoms with van der Waals surface area (Å²) < 4.78 is 0. The van der Waals surface area contributed by atoms with Crippen molar-refractivity contribution in [2.75, 3.05) is 0 Å². The summed E-state index contributed by atoms with van der Waals surface area (Å²) in [5.41, 5.74) is 4.04. The third-order valence-corrected chi connectivity index (χ3v) is 5.15. The van der Waals surface area contributed by atoms with Gasteiger partial charge in [-0.25, -0.2) is 4.98 Å². The number of nitrogens with zero attached hydrogens (tertiary/aromatic N) is 1. The minimum Gasteiger partial charge on any atom is -0.302 e. The van der Waals surface area contributed by atoms with Gasteiger partial charge in [0.2, 0.25) is 0 Å². The van der Waals surface area contributed by atoms with Gasteiger partial charge in [0.05, 0.1) is 6.04 Å². The van der Waals surface area contributed by atoms with Gasteiger partial charge in [0.25, 0.3) is 0 Å². The number of aromatic nitrogens is 1. The highest BCUT2D eigenvalue weighted by atomic mass is 32.1. The second-order valence-electron chi connectivity index (χ2n) is 5.47. The molecule has 0 aliphatic carbocycles. The number of aryl methyl sites for hydroxylation is 3. The quantitative estimate of drug-likeness (QED) is 0.860. The Balaban J connectivity index is 2.06. The van der Waals surface area contributed by atoms with E-state index in [0.29, 0.717) is 6.04 Å². The molecule has 2 rings (SSSR count). The van der Waals surface area contributed by atoms with E-state index < -0.39 is 0 Å². The van der Waals surface area contributed by atoms with E-state index in [-0.39, 0.29) is 6.04 Å². The fourth-order valence-electron chi connectivity index (χ4n) is 2.26. The largest absolute Gasteiger partial charge is 0.302 e. The summed E-state index contributed by atoms with van der Waals surface area (Å²) in [6.07, 6.45) is 3.07. The number of benzene rings is 1. The van der Waals surface area contributed by atoms with E-state index in [2.05, 4.69) is 63.1 Å². The second kappa shape index (κ2) is 6.51. The maximum absolute atomic E-state index is 4.52. The van der Waals surface area contributed by atoms with Crippen LogP contribution in [0.2, 0.25) is 0 Å². The van der Waals surface area contributed by atoms with E-state index in [4.69, 9.17) is 0 Å². The van der Waals surface area contributed by atoms with E-state index in [0.717, 1.165) is 6.42 Å². The van der Waals surface area contributed by atoms with Crippen LogP contribution >= 0.6 is 11.3 Å². The van der Waals surface area contributed by atoms with Crippen molar-refractivity contribution in [2.45, 2.75) is 53.1 Å². The molecule has 2 unspecified atom stereocenters. The van der Waals surface area contributed by atoms with E-state index in [9.17, 15) is 0 Å². The van der Waals surface area contributed by atoms with Crippen molar-refractivity contribution in [2.24, 2.45) is 0 Å². The third kappa shape index (κ3) is 3.47. The first kappa shape index (κ1) is 15.2. The lowest BCUT2D eigenvalue weighted by molar-refractivity contribution is 0.493. The Hall–Kier alpha value is -1.19. The number of rotatable bonds is 5. The summed E-state index contributed by atoms with van der Waals surface area (Å²) in [4.78, 5) is 5.88. The molecule has 3 heteroatoms. The normalized spacial score (nSPS) is 14.2. The van der Waals surface area contributed by atoms with E-state index in [1.807, 2.05) is 17.5 Å². The number of hydrogen-bond donors (Lipinski definition) is 1. The van der Waals surface area contributed by atoms with Gasteiger partial charge in [-0.3, -0.25) is 0 Å². The Kier molecular flexibility index (Phi) is 4.95. The lowest BCUT2D eigenvalue weighted by Crippen LogP contribution is -2.22.